The molecule has 0 aromatic heterocycles. The van der Waals surface area contributed by atoms with E-state index in [1.807, 2.05) is 6.92 Å². The molecule has 0 fully saturated rings. The van der Waals surface area contributed by atoms with Gasteiger partial charge in [0.25, 0.3) is 0 Å². The molecule has 1 rings (SSSR count). The molecule has 1 aromatic carbocycles. The van der Waals surface area contributed by atoms with Crippen LogP contribution in [0, 0.1) is 0 Å². The van der Waals surface area contributed by atoms with Crippen LogP contribution in [0.4, 0.5) is 0 Å². The third kappa shape index (κ3) is 4.94. The average molecular weight is 289 g/mol. The zero-order valence-corrected chi connectivity index (χ0v) is 11.4. The lowest BCUT2D eigenvalue weighted by molar-refractivity contribution is -0.125. The number of rotatable bonds is 5. The van der Waals surface area contributed by atoms with Crippen molar-refractivity contribution in [3.63, 3.8) is 0 Å². The Morgan fingerprint density at radius 1 is 1.17 bits per heavy atom. The maximum Gasteiger partial charge on any atom is 0.239 e. The molecule has 0 atom stereocenters. The zero-order chi connectivity index (χ0) is 13.5. The van der Waals surface area contributed by atoms with Crippen molar-refractivity contribution in [2.45, 2.75) is 13.3 Å². The van der Waals surface area contributed by atoms with E-state index in [-0.39, 0.29) is 24.8 Å². The van der Waals surface area contributed by atoms with Crippen molar-refractivity contribution in [1.29, 1.82) is 0 Å². The Hall–Kier alpha value is -1.26. The average Bonchev–Trinajstić information content (AvgIpc) is 2.31. The smallest absolute Gasteiger partial charge is 0.239 e. The van der Waals surface area contributed by atoms with E-state index in [0.29, 0.717) is 22.2 Å². The van der Waals surface area contributed by atoms with Gasteiger partial charge in [0, 0.05) is 16.6 Å². The first-order chi connectivity index (χ1) is 8.52. The summed E-state index contributed by atoms with van der Waals surface area (Å²) in [5.74, 6) is -0.474. The molecule has 0 aliphatic rings. The number of hydrogen-bond acceptors (Lipinski definition) is 2. The van der Waals surface area contributed by atoms with E-state index in [1.54, 1.807) is 18.2 Å². The Morgan fingerprint density at radius 2 is 1.89 bits per heavy atom. The standard InChI is InChI=1S/C12H14Cl2N2O2/c1-2-15-12(18)7-16-11(17)5-8-3-4-9(13)6-10(8)14/h3-4,6H,2,5,7H2,1H3,(H,15,18)(H,16,17). The van der Waals surface area contributed by atoms with Gasteiger partial charge in [0.2, 0.25) is 11.8 Å². The number of hydrogen-bond donors (Lipinski definition) is 2. The molecule has 4 nitrogen and oxygen atoms in total. The first-order valence-electron chi connectivity index (χ1n) is 5.50. The first kappa shape index (κ1) is 14.8. The second-order valence-corrected chi connectivity index (χ2v) is 4.49. The van der Waals surface area contributed by atoms with Gasteiger partial charge in [0.1, 0.15) is 0 Å². The summed E-state index contributed by atoms with van der Waals surface area (Å²) in [6.07, 6.45) is 0.120. The Labute approximate surface area is 116 Å². The fraction of sp³-hybridized carbons (Fsp3) is 0.333. The topological polar surface area (TPSA) is 58.2 Å². The van der Waals surface area contributed by atoms with Crippen LogP contribution >= 0.6 is 23.2 Å². The molecule has 2 N–H and O–H groups in total. The van der Waals surface area contributed by atoms with Crippen LogP contribution in [0.25, 0.3) is 0 Å². The van der Waals surface area contributed by atoms with Gasteiger partial charge in [-0.25, -0.2) is 0 Å². The third-order valence-corrected chi connectivity index (χ3v) is 2.77. The van der Waals surface area contributed by atoms with E-state index >= 15 is 0 Å². The normalized spacial score (nSPS) is 9.94. The largest absolute Gasteiger partial charge is 0.355 e. The van der Waals surface area contributed by atoms with Gasteiger partial charge < -0.3 is 10.6 Å². The van der Waals surface area contributed by atoms with Gasteiger partial charge in [-0.2, -0.15) is 0 Å². The van der Waals surface area contributed by atoms with Crippen molar-refractivity contribution in [3.05, 3.63) is 33.8 Å². The first-order valence-corrected chi connectivity index (χ1v) is 6.26. The van der Waals surface area contributed by atoms with Crippen molar-refractivity contribution < 1.29 is 9.59 Å². The molecule has 0 unspecified atom stereocenters. The van der Waals surface area contributed by atoms with E-state index in [4.69, 9.17) is 23.2 Å². The van der Waals surface area contributed by atoms with Crippen LogP contribution in [0.3, 0.4) is 0 Å². The minimum absolute atomic E-state index is 0.0299. The fourth-order valence-corrected chi connectivity index (χ4v) is 1.81. The summed E-state index contributed by atoms with van der Waals surface area (Å²) in [5, 5.41) is 6.06. The van der Waals surface area contributed by atoms with Crippen LogP contribution in [0.2, 0.25) is 10.0 Å². The number of halogens is 2. The van der Waals surface area contributed by atoms with Crippen LogP contribution in [-0.2, 0) is 16.0 Å². The Balaban J connectivity index is 2.47. The molecular formula is C12H14Cl2N2O2. The SMILES string of the molecule is CCNC(=O)CNC(=O)Cc1ccc(Cl)cc1Cl. The number of carbonyl (C=O) groups is 2. The molecule has 0 aliphatic heterocycles. The van der Waals surface area contributed by atoms with Crippen LogP contribution in [0.15, 0.2) is 18.2 Å². The van der Waals surface area contributed by atoms with Gasteiger partial charge in [-0.05, 0) is 24.6 Å². The summed E-state index contributed by atoms with van der Waals surface area (Å²) in [5.41, 5.74) is 0.675. The quantitative estimate of drug-likeness (QED) is 0.868. The lowest BCUT2D eigenvalue weighted by Crippen LogP contribution is -2.37. The number of carbonyl (C=O) groups excluding carboxylic acids is 2. The minimum atomic E-state index is -0.259. The maximum atomic E-state index is 11.6. The lowest BCUT2D eigenvalue weighted by atomic mass is 10.1. The Bertz CT molecular complexity index is 450. The number of amides is 2. The van der Waals surface area contributed by atoms with Crippen LogP contribution in [0.1, 0.15) is 12.5 Å². The van der Waals surface area contributed by atoms with Crippen LogP contribution in [-0.4, -0.2) is 24.9 Å². The minimum Gasteiger partial charge on any atom is -0.355 e. The summed E-state index contributed by atoms with van der Waals surface area (Å²) in [6.45, 7) is 2.32. The summed E-state index contributed by atoms with van der Waals surface area (Å²) < 4.78 is 0. The molecule has 0 saturated heterocycles. The molecule has 0 radical (unpaired) electrons. The summed E-state index contributed by atoms with van der Waals surface area (Å²) in [7, 11) is 0. The molecule has 18 heavy (non-hydrogen) atoms. The Morgan fingerprint density at radius 3 is 2.50 bits per heavy atom. The number of likely N-dealkylation sites (N-methyl/N-ethyl adjacent to an activating group) is 1. The van der Waals surface area contributed by atoms with Crippen LogP contribution in [0.5, 0.6) is 0 Å². The highest BCUT2D eigenvalue weighted by Crippen LogP contribution is 2.21. The van der Waals surface area contributed by atoms with Gasteiger partial charge >= 0.3 is 0 Å². The lowest BCUT2D eigenvalue weighted by Gasteiger charge is -2.07. The van der Waals surface area contributed by atoms with E-state index < -0.39 is 0 Å². The van der Waals surface area contributed by atoms with E-state index in [2.05, 4.69) is 10.6 Å². The summed E-state index contributed by atoms with van der Waals surface area (Å²) in [6, 6.07) is 4.94. The van der Waals surface area contributed by atoms with Gasteiger partial charge in [0.15, 0.2) is 0 Å². The van der Waals surface area contributed by atoms with E-state index in [9.17, 15) is 9.59 Å². The van der Waals surface area contributed by atoms with Crippen molar-refractivity contribution in [3.8, 4) is 0 Å². The highest BCUT2D eigenvalue weighted by molar-refractivity contribution is 6.35. The third-order valence-electron chi connectivity index (χ3n) is 2.19. The summed E-state index contributed by atoms with van der Waals surface area (Å²) >= 11 is 11.7. The predicted molar refractivity (Wildman–Crippen MR) is 71.9 cm³/mol. The van der Waals surface area contributed by atoms with E-state index in [0.717, 1.165) is 0 Å². The Kier molecular flexibility index (Phi) is 5.95. The van der Waals surface area contributed by atoms with Crippen molar-refractivity contribution in [2.24, 2.45) is 0 Å². The number of benzene rings is 1. The van der Waals surface area contributed by atoms with Crippen LogP contribution < -0.4 is 10.6 Å². The molecule has 0 bridgehead atoms. The monoisotopic (exact) mass is 288 g/mol. The molecule has 2 amide bonds. The highest BCUT2D eigenvalue weighted by atomic mass is 35.5. The second-order valence-electron chi connectivity index (χ2n) is 3.64. The second kappa shape index (κ2) is 7.24. The molecular weight excluding hydrogens is 275 g/mol. The van der Waals surface area contributed by atoms with Crippen molar-refractivity contribution >= 4 is 35.0 Å². The van der Waals surface area contributed by atoms with Gasteiger partial charge in [-0.1, -0.05) is 29.3 Å². The number of nitrogens with one attached hydrogen (secondary N) is 2. The van der Waals surface area contributed by atoms with E-state index in [1.165, 1.54) is 0 Å². The van der Waals surface area contributed by atoms with Crippen molar-refractivity contribution in [2.75, 3.05) is 13.1 Å². The van der Waals surface area contributed by atoms with Gasteiger partial charge in [-0.3, -0.25) is 9.59 Å². The predicted octanol–water partition coefficient (Wildman–Crippen LogP) is 1.79. The molecule has 0 saturated carbocycles. The summed E-state index contributed by atoms with van der Waals surface area (Å²) in [4.78, 5) is 22.7. The van der Waals surface area contributed by atoms with Gasteiger partial charge in [0.05, 0.1) is 13.0 Å². The molecule has 0 aliphatic carbocycles. The molecule has 98 valence electrons. The maximum absolute atomic E-state index is 11.6. The molecule has 0 spiro atoms. The van der Waals surface area contributed by atoms with Gasteiger partial charge in [-0.15, -0.1) is 0 Å². The molecule has 0 heterocycles. The highest BCUT2D eigenvalue weighted by Gasteiger charge is 2.08. The molecule has 1 aromatic rings. The zero-order valence-electron chi connectivity index (χ0n) is 9.93. The fourth-order valence-electron chi connectivity index (χ4n) is 1.34. The molecule has 6 heteroatoms. The van der Waals surface area contributed by atoms with Crippen molar-refractivity contribution in [1.82, 2.24) is 10.6 Å².